The number of aliphatic imine (C=N–C) groups is 1. The maximum absolute atomic E-state index is 12.3. The first-order chi connectivity index (χ1) is 12.6. The van der Waals surface area contributed by atoms with Gasteiger partial charge in [0.15, 0.2) is 0 Å². The molecule has 1 aromatic heterocycles. The maximum atomic E-state index is 12.3. The third-order valence-corrected chi connectivity index (χ3v) is 5.35. The molecule has 6 nitrogen and oxygen atoms in total. The van der Waals surface area contributed by atoms with Crippen LogP contribution in [0.1, 0.15) is 64.9 Å². The Morgan fingerprint density at radius 2 is 2.04 bits per heavy atom. The van der Waals surface area contributed by atoms with Gasteiger partial charge in [0.25, 0.3) is 0 Å². The number of esters is 1. The van der Waals surface area contributed by atoms with Crippen LogP contribution in [0.5, 0.6) is 0 Å². The Morgan fingerprint density at radius 1 is 1.33 bits per heavy atom. The predicted octanol–water partition coefficient (Wildman–Crippen LogP) is 4.01. The standard InChI is InChI=1S/C20H31N3O3S/c1-20(2,3)26-16(24)11-7-9-14-8-6-10-15-17(21-13-12-14)22(4)19(25)23(5)18(15)27/h13-14H,6-12H2,1-5H3/b21-13-. The van der Waals surface area contributed by atoms with Crippen LogP contribution in [0.4, 0.5) is 5.82 Å². The Labute approximate surface area is 166 Å². The summed E-state index contributed by atoms with van der Waals surface area (Å²) < 4.78 is 9.04. The number of hydrogen-bond donors (Lipinski definition) is 0. The lowest BCUT2D eigenvalue weighted by atomic mass is 9.93. The molecule has 0 bridgehead atoms. The smallest absolute Gasteiger partial charge is 0.330 e. The zero-order valence-electron chi connectivity index (χ0n) is 17.1. The SMILES string of the molecule is Cn1c2c(c(=S)n(C)c1=O)CCCC(CCCC(=O)OC(C)(C)C)C/C=N\2. The summed E-state index contributed by atoms with van der Waals surface area (Å²) in [5.41, 5.74) is 0.395. The molecule has 0 N–H and O–H groups in total. The highest BCUT2D eigenvalue weighted by Crippen LogP contribution is 2.26. The Kier molecular flexibility index (Phi) is 7.14. The highest BCUT2D eigenvalue weighted by molar-refractivity contribution is 7.71. The zero-order valence-corrected chi connectivity index (χ0v) is 17.9. The van der Waals surface area contributed by atoms with Gasteiger partial charge in [0.05, 0.1) is 0 Å². The van der Waals surface area contributed by atoms with Crippen LogP contribution in [0.15, 0.2) is 9.79 Å². The third-order valence-electron chi connectivity index (χ3n) is 4.83. The highest BCUT2D eigenvalue weighted by atomic mass is 32.1. The van der Waals surface area contributed by atoms with Gasteiger partial charge in [0, 0.05) is 32.3 Å². The number of fused-ring (bicyclic) bond motifs is 1. The number of aromatic nitrogens is 2. The molecule has 0 saturated heterocycles. The van der Waals surface area contributed by atoms with Crippen LogP contribution in [-0.2, 0) is 30.0 Å². The minimum absolute atomic E-state index is 0.134. The lowest BCUT2D eigenvalue weighted by Crippen LogP contribution is -2.28. The van der Waals surface area contributed by atoms with Crippen LogP contribution in [0, 0.1) is 10.6 Å². The van der Waals surface area contributed by atoms with E-state index in [0.717, 1.165) is 44.1 Å². The fraction of sp³-hybridized carbons (Fsp3) is 0.700. The molecular formula is C20H31N3O3S. The molecule has 1 aliphatic heterocycles. The molecule has 0 aromatic carbocycles. The van der Waals surface area contributed by atoms with Crippen molar-refractivity contribution < 1.29 is 9.53 Å². The molecular weight excluding hydrogens is 362 g/mol. The van der Waals surface area contributed by atoms with Crippen LogP contribution in [0.3, 0.4) is 0 Å². The van der Waals surface area contributed by atoms with E-state index in [1.54, 1.807) is 18.7 Å². The quantitative estimate of drug-likeness (QED) is 0.573. The van der Waals surface area contributed by atoms with E-state index in [-0.39, 0.29) is 11.7 Å². The van der Waals surface area contributed by atoms with Gasteiger partial charge in [-0.2, -0.15) is 0 Å². The summed E-state index contributed by atoms with van der Waals surface area (Å²) in [5, 5.41) is 0. The fourth-order valence-corrected chi connectivity index (χ4v) is 3.72. The molecule has 0 fully saturated rings. The Morgan fingerprint density at radius 3 is 2.70 bits per heavy atom. The second-order valence-corrected chi connectivity index (χ2v) is 8.68. The molecule has 2 heterocycles. The summed E-state index contributed by atoms with van der Waals surface area (Å²) in [6.45, 7) is 5.66. The number of carbonyl (C=O) groups excluding carboxylic acids is 1. The van der Waals surface area contributed by atoms with Gasteiger partial charge in [-0.1, -0.05) is 12.2 Å². The lowest BCUT2D eigenvalue weighted by molar-refractivity contribution is -0.154. The van der Waals surface area contributed by atoms with Crippen LogP contribution in [-0.4, -0.2) is 26.9 Å². The van der Waals surface area contributed by atoms with Crippen LogP contribution in [0.2, 0.25) is 0 Å². The molecule has 150 valence electrons. The van der Waals surface area contributed by atoms with Crippen molar-refractivity contribution >= 4 is 30.2 Å². The molecule has 1 unspecified atom stereocenters. The van der Waals surface area contributed by atoms with Gasteiger partial charge < -0.3 is 4.74 Å². The van der Waals surface area contributed by atoms with Gasteiger partial charge in [0.2, 0.25) is 0 Å². The molecule has 0 amide bonds. The van der Waals surface area contributed by atoms with Gasteiger partial charge in [-0.15, -0.1) is 0 Å². The molecule has 0 spiro atoms. The minimum atomic E-state index is -0.429. The molecule has 0 radical (unpaired) electrons. The number of ether oxygens (including phenoxy) is 1. The Bertz CT molecular complexity index is 831. The normalized spacial score (nSPS) is 18.8. The average Bonchev–Trinajstić information content (AvgIpc) is 2.67. The summed E-state index contributed by atoms with van der Waals surface area (Å²) in [6, 6.07) is 0. The first-order valence-corrected chi connectivity index (χ1v) is 10.0. The van der Waals surface area contributed by atoms with Gasteiger partial charge in [-0.3, -0.25) is 13.9 Å². The Balaban J connectivity index is 2.01. The molecule has 7 heteroatoms. The van der Waals surface area contributed by atoms with E-state index in [9.17, 15) is 9.59 Å². The van der Waals surface area contributed by atoms with E-state index >= 15 is 0 Å². The molecule has 0 aliphatic carbocycles. The number of nitrogens with zero attached hydrogens (tertiary/aromatic N) is 3. The van der Waals surface area contributed by atoms with E-state index in [0.29, 0.717) is 22.8 Å². The second kappa shape index (κ2) is 8.95. The van der Waals surface area contributed by atoms with Crippen molar-refractivity contribution in [2.75, 3.05) is 0 Å². The number of hydrogen-bond acceptors (Lipinski definition) is 5. The van der Waals surface area contributed by atoms with E-state index in [4.69, 9.17) is 17.0 Å². The van der Waals surface area contributed by atoms with Crippen molar-refractivity contribution in [3.63, 3.8) is 0 Å². The topological polar surface area (TPSA) is 65.6 Å². The first kappa shape index (κ1) is 21.5. The van der Waals surface area contributed by atoms with E-state index in [1.165, 1.54) is 4.57 Å². The summed E-state index contributed by atoms with van der Waals surface area (Å²) in [6.07, 6.45) is 7.85. The molecule has 1 aliphatic rings. The van der Waals surface area contributed by atoms with Crippen molar-refractivity contribution in [2.24, 2.45) is 25.0 Å². The van der Waals surface area contributed by atoms with Crippen LogP contribution < -0.4 is 5.69 Å². The molecule has 2 rings (SSSR count). The fourth-order valence-electron chi connectivity index (χ4n) is 3.45. The van der Waals surface area contributed by atoms with Crippen molar-refractivity contribution in [1.82, 2.24) is 9.13 Å². The third kappa shape index (κ3) is 5.86. The molecule has 27 heavy (non-hydrogen) atoms. The Hall–Kier alpha value is -1.76. The summed E-state index contributed by atoms with van der Waals surface area (Å²) in [5.74, 6) is 1.02. The number of rotatable bonds is 4. The molecule has 1 atom stereocenters. The highest BCUT2D eigenvalue weighted by Gasteiger charge is 2.18. The minimum Gasteiger partial charge on any atom is -0.460 e. The van der Waals surface area contributed by atoms with Gasteiger partial charge >= 0.3 is 11.7 Å². The molecule has 0 saturated carbocycles. The monoisotopic (exact) mass is 393 g/mol. The van der Waals surface area contributed by atoms with Crippen LogP contribution in [0.25, 0.3) is 0 Å². The van der Waals surface area contributed by atoms with Crippen molar-refractivity contribution in [3.05, 3.63) is 20.7 Å². The van der Waals surface area contributed by atoms with Crippen molar-refractivity contribution in [3.8, 4) is 0 Å². The van der Waals surface area contributed by atoms with Gasteiger partial charge in [-0.25, -0.2) is 9.79 Å². The van der Waals surface area contributed by atoms with E-state index in [1.807, 2.05) is 27.0 Å². The zero-order chi connectivity index (χ0) is 20.2. The van der Waals surface area contributed by atoms with Crippen LogP contribution >= 0.6 is 12.2 Å². The van der Waals surface area contributed by atoms with Crippen molar-refractivity contribution in [1.29, 1.82) is 0 Å². The predicted molar refractivity (Wildman–Crippen MR) is 110 cm³/mol. The van der Waals surface area contributed by atoms with E-state index in [2.05, 4.69) is 4.99 Å². The summed E-state index contributed by atoms with van der Waals surface area (Å²) in [4.78, 5) is 28.7. The maximum Gasteiger partial charge on any atom is 0.330 e. The second-order valence-electron chi connectivity index (χ2n) is 8.29. The largest absolute Gasteiger partial charge is 0.460 e. The van der Waals surface area contributed by atoms with Crippen molar-refractivity contribution in [2.45, 2.75) is 71.3 Å². The average molecular weight is 394 g/mol. The first-order valence-electron chi connectivity index (χ1n) is 9.63. The lowest BCUT2D eigenvalue weighted by Gasteiger charge is -2.20. The summed E-state index contributed by atoms with van der Waals surface area (Å²) in [7, 11) is 3.45. The van der Waals surface area contributed by atoms with Gasteiger partial charge in [0.1, 0.15) is 16.1 Å². The number of carbonyl (C=O) groups is 1. The molecule has 1 aromatic rings. The van der Waals surface area contributed by atoms with Gasteiger partial charge in [-0.05, 0) is 65.2 Å². The van der Waals surface area contributed by atoms with E-state index < -0.39 is 5.60 Å². The summed E-state index contributed by atoms with van der Waals surface area (Å²) >= 11 is 5.47.